The zero-order chi connectivity index (χ0) is 14.3. The highest BCUT2D eigenvalue weighted by atomic mass is 19.1. The summed E-state index contributed by atoms with van der Waals surface area (Å²) in [6.07, 6.45) is 0. The molecule has 0 fully saturated rings. The molecule has 20 heavy (non-hydrogen) atoms. The Bertz CT molecular complexity index is 812. The number of nitrogen functional groups attached to an aromatic ring is 1. The molecule has 0 unspecified atom stereocenters. The number of hydrogen-bond donors (Lipinski definition) is 1. The fourth-order valence-electron chi connectivity index (χ4n) is 2.22. The van der Waals surface area contributed by atoms with Gasteiger partial charge in [-0.05, 0) is 43.7 Å². The lowest BCUT2D eigenvalue weighted by Crippen LogP contribution is -1.99. The highest BCUT2D eigenvalue weighted by Gasteiger charge is 2.10. The van der Waals surface area contributed by atoms with Gasteiger partial charge in [0.15, 0.2) is 5.82 Å². The molecule has 0 radical (unpaired) electrons. The van der Waals surface area contributed by atoms with Crippen molar-refractivity contribution in [2.45, 2.75) is 13.8 Å². The van der Waals surface area contributed by atoms with Crippen LogP contribution in [0, 0.1) is 19.7 Å². The summed E-state index contributed by atoms with van der Waals surface area (Å²) in [7, 11) is 0. The Morgan fingerprint density at radius 3 is 2.60 bits per heavy atom. The molecule has 0 amide bonds. The first kappa shape index (κ1) is 12.5. The number of hydrogen-bond acceptors (Lipinski definition) is 3. The minimum atomic E-state index is -0.340. The van der Waals surface area contributed by atoms with Crippen LogP contribution in [-0.2, 0) is 0 Å². The zero-order valence-electron chi connectivity index (χ0n) is 11.3. The summed E-state index contributed by atoms with van der Waals surface area (Å²) in [5.74, 6) is 0.528. The first-order valence-corrected chi connectivity index (χ1v) is 6.35. The van der Waals surface area contributed by atoms with Crippen molar-refractivity contribution < 1.29 is 4.39 Å². The minimum Gasteiger partial charge on any atom is -0.383 e. The molecule has 1 heterocycles. The molecule has 0 saturated heterocycles. The summed E-state index contributed by atoms with van der Waals surface area (Å²) in [5.41, 5.74) is 9.74. The third-order valence-electron chi connectivity index (χ3n) is 3.32. The molecular weight excluding hydrogens is 253 g/mol. The Labute approximate surface area is 116 Å². The summed E-state index contributed by atoms with van der Waals surface area (Å²) in [6.45, 7) is 4.02. The van der Waals surface area contributed by atoms with Gasteiger partial charge >= 0.3 is 0 Å². The van der Waals surface area contributed by atoms with Gasteiger partial charge in [0.2, 0.25) is 0 Å². The lowest BCUT2D eigenvalue weighted by Gasteiger charge is -2.08. The highest BCUT2D eigenvalue weighted by Crippen LogP contribution is 2.26. The Kier molecular flexibility index (Phi) is 2.86. The molecule has 0 atom stereocenters. The second-order valence-electron chi connectivity index (χ2n) is 4.91. The van der Waals surface area contributed by atoms with Crippen molar-refractivity contribution in [2.24, 2.45) is 0 Å². The van der Waals surface area contributed by atoms with Crippen molar-refractivity contribution in [3.63, 3.8) is 0 Å². The molecule has 100 valence electrons. The predicted molar refractivity (Wildman–Crippen MR) is 78.8 cm³/mol. The third-order valence-corrected chi connectivity index (χ3v) is 3.32. The second-order valence-corrected chi connectivity index (χ2v) is 4.91. The lowest BCUT2D eigenvalue weighted by atomic mass is 10.0. The van der Waals surface area contributed by atoms with E-state index < -0.39 is 0 Å². The van der Waals surface area contributed by atoms with Crippen LogP contribution >= 0.6 is 0 Å². The van der Waals surface area contributed by atoms with Gasteiger partial charge in [0, 0.05) is 10.9 Å². The van der Waals surface area contributed by atoms with Crippen molar-refractivity contribution in [1.82, 2.24) is 9.97 Å². The van der Waals surface area contributed by atoms with Gasteiger partial charge in [0.1, 0.15) is 11.6 Å². The fourth-order valence-corrected chi connectivity index (χ4v) is 2.22. The van der Waals surface area contributed by atoms with E-state index in [9.17, 15) is 4.39 Å². The molecule has 2 aromatic carbocycles. The van der Waals surface area contributed by atoms with E-state index in [4.69, 9.17) is 5.73 Å². The van der Waals surface area contributed by atoms with Crippen LogP contribution in [0.1, 0.15) is 11.1 Å². The highest BCUT2D eigenvalue weighted by molar-refractivity contribution is 5.89. The summed E-state index contributed by atoms with van der Waals surface area (Å²) in [5, 5.41) is 0.541. The topological polar surface area (TPSA) is 51.8 Å². The van der Waals surface area contributed by atoms with Crippen LogP contribution in [0.15, 0.2) is 36.4 Å². The van der Waals surface area contributed by atoms with E-state index in [0.717, 1.165) is 16.7 Å². The minimum absolute atomic E-state index is 0.297. The molecule has 0 spiro atoms. The number of rotatable bonds is 1. The fraction of sp³-hybridized carbons (Fsp3) is 0.125. The van der Waals surface area contributed by atoms with Crippen molar-refractivity contribution in [3.05, 3.63) is 53.3 Å². The first-order chi connectivity index (χ1) is 9.54. The number of benzene rings is 2. The molecule has 3 nitrogen and oxygen atoms in total. The summed E-state index contributed by atoms with van der Waals surface area (Å²) in [6, 6.07) is 10.5. The van der Waals surface area contributed by atoms with Crippen LogP contribution in [-0.4, -0.2) is 9.97 Å². The second kappa shape index (κ2) is 4.56. The number of aromatic nitrogens is 2. The van der Waals surface area contributed by atoms with Crippen molar-refractivity contribution >= 4 is 16.7 Å². The summed E-state index contributed by atoms with van der Waals surface area (Å²) < 4.78 is 13.2. The maximum absolute atomic E-state index is 13.2. The Hall–Kier alpha value is -2.49. The van der Waals surface area contributed by atoms with E-state index >= 15 is 0 Å². The van der Waals surface area contributed by atoms with Crippen molar-refractivity contribution in [2.75, 3.05) is 5.73 Å². The lowest BCUT2D eigenvalue weighted by molar-refractivity contribution is 0.629. The average Bonchev–Trinajstić information content (AvgIpc) is 2.42. The Morgan fingerprint density at radius 1 is 1.00 bits per heavy atom. The van der Waals surface area contributed by atoms with Crippen molar-refractivity contribution in [3.8, 4) is 11.4 Å². The van der Waals surface area contributed by atoms with E-state index in [-0.39, 0.29) is 5.82 Å². The monoisotopic (exact) mass is 267 g/mol. The van der Waals surface area contributed by atoms with Gasteiger partial charge in [0.05, 0.1) is 5.52 Å². The Morgan fingerprint density at radius 2 is 1.80 bits per heavy atom. The van der Waals surface area contributed by atoms with Gasteiger partial charge in [-0.3, -0.25) is 0 Å². The number of nitrogens with zero attached hydrogens (tertiary/aromatic N) is 2. The van der Waals surface area contributed by atoms with Gasteiger partial charge < -0.3 is 5.73 Å². The summed E-state index contributed by atoms with van der Waals surface area (Å²) in [4.78, 5) is 8.81. The molecule has 0 saturated carbocycles. The SMILES string of the molecule is Cc1ccc(C)c(-c2nc(N)c3cc(F)ccc3n2)c1. The van der Waals surface area contributed by atoms with E-state index in [1.807, 2.05) is 32.0 Å². The van der Waals surface area contributed by atoms with Gasteiger partial charge in [-0.2, -0.15) is 0 Å². The van der Waals surface area contributed by atoms with E-state index in [1.165, 1.54) is 12.1 Å². The maximum Gasteiger partial charge on any atom is 0.162 e. The third kappa shape index (κ3) is 2.09. The van der Waals surface area contributed by atoms with Gasteiger partial charge in [0.25, 0.3) is 0 Å². The molecule has 4 heteroatoms. The molecule has 0 aliphatic rings. The smallest absolute Gasteiger partial charge is 0.162 e. The number of aryl methyl sites for hydroxylation is 2. The van der Waals surface area contributed by atoms with Gasteiger partial charge in [-0.25, -0.2) is 14.4 Å². The maximum atomic E-state index is 13.2. The molecule has 0 aliphatic carbocycles. The van der Waals surface area contributed by atoms with Crippen LogP contribution in [0.3, 0.4) is 0 Å². The van der Waals surface area contributed by atoms with E-state index in [1.54, 1.807) is 6.07 Å². The molecule has 3 aromatic rings. The zero-order valence-corrected chi connectivity index (χ0v) is 11.3. The van der Waals surface area contributed by atoms with Crippen LogP contribution in [0.2, 0.25) is 0 Å². The number of nitrogens with two attached hydrogens (primary N) is 1. The van der Waals surface area contributed by atoms with Crippen LogP contribution in [0.25, 0.3) is 22.3 Å². The van der Waals surface area contributed by atoms with E-state index in [0.29, 0.717) is 22.5 Å². The van der Waals surface area contributed by atoms with Crippen LogP contribution < -0.4 is 5.73 Å². The molecular formula is C16H14FN3. The molecule has 0 bridgehead atoms. The van der Waals surface area contributed by atoms with Crippen molar-refractivity contribution in [1.29, 1.82) is 0 Å². The number of halogens is 1. The van der Waals surface area contributed by atoms with Crippen LogP contribution in [0.5, 0.6) is 0 Å². The quantitative estimate of drug-likeness (QED) is 0.732. The molecule has 2 N–H and O–H groups in total. The van der Waals surface area contributed by atoms with Crippen LogP contribution in [0.4, 0.5) is 10.2 Å². The average molecular weight is 267 g/mol. The molecule has 3 rings (SSSR count). The largest absolute Gasteiger partial charge is 0.383 e. The normalized spacial score (nSPS) is 10.9. The summed E-state index contributed by atoms with van der Waals surface area (Å²) >= 11 is 0. The molecule has 0 aliphatic heterocycles. The predicted octanol–water partition coefficient (Wildman–Crippen LogP) is 3.63. The standard InChI is InChI=1S/C16H14FN3/c1-9-3-4-10(2)12(7-9)16-19-14-6-5-11(17)8-13(14)15(18)20-16/h3-8H,1-2H3,(H2,18,19,20). The molecule has 1 aromatic heterocycles. The Balaban J connectivity index is 2.27. The van der Waals surface area contributed by atoms with E-state index in [2.05, 4.69) is 9.97 Å². The van der Waals surface area contributed by atoms with Gasteiger partial charge in [-0.15, -0.1) is 0 Å². The number of fused-ring (bicyclic) bond motifs is 1. The number of anilines is 1. The first-order valence-electron chi connectivity index (χ1n) is 6.35. The van der Waals surface area contributed by atoms with Gasteiger partial charge in [-0.1, -0.05) is 17.7 Å².